The maximum Gasteiger partial charge on any atom is 0.0771 e. The Balaban J connectivity index is 1.99. The lowest BCUT2D eigenvalue weighted by atomic mass is 9.85. The fourth-order valence-electron chi connectivity index (χ4n) is 3.39. The van der Waals surface area contributed by atoms with Gasteiger partial charge in [-0.3, -0.25) is 4.68 Å². The van der Waals surface area contributed by atoms with Crippen LogP contribution < -0.4 is 5.32 Å². The lowest BCUT2D eigenvalue weighted by Gasteiger charge is -2.32. The van der Waals surface area contributed by atoms with Gasteiger partial charge in [-0.05, 0) is 47.5 Å². The summed E-state index contributed by atoms with van der Waals surface area (Å²) in [6.45, 7) is 12.2. The summed E-state index contributed by atoms with van der Waals surface area (Å²) in [6, 6.07) is 0. The van der Waals surface area contributed by atoms with Gasteiger partial charge in [0.15, 0.2) is 0 Å². The maximum absolute atomic E-state index is 10.5. The van der Waals surface area contributed by atoms with E-state index in [1.165, 1.54) is 17.7 Å². The SMILES string of the molecule is Cc1nn(C(C)(C)C)c(C)c1CNCC1(O)CCCCC1. The Bertz CT molecular complexity index is 479. The molecule has 0 aliphatic heterocycles. The van der Waals surface area contributed by atoms with Crippen molar-refractivity contribution in [1.82, 2.24) is 15.1 Å². The highest BCUT2D eigenvalue weighted by Gasteiger charge is 2.29. The van der Waals surface area contributed by atoms with Crippen molar-refractivity contribution in [3.63, 3.8) is 0 Å². The lowest BCUT2D eigenvalue weighted by molar-refractivity contribution is 0.00465. The van der Waals surface area contributed by atoms with Gasteiger partial charge in [0.05, 0.1) is 16.8 Å². The Kier molecular flexibility index (Phi) is 4.79. The van der Waals surface area contributed by atoms with Crippen molar-refractivity contribution in [3.8, 4) is 0 Å². The summed E-state index contributed by atoms with van der Waals surface area (Å²) in [5, 5.41) is 18.7. The average Bonchev–Trinajstić information content (AvgIpc) is 2.67. The largest absolute Gasteiger partial charge is 0.389 e. The van der Waals surface area contributed by atoms with Crippen molar-refractivity contribution >= 4 is 0 Å². The molecule has 2 N–H and O–H groups in total. The van der Waals surface area contributed by atoms with E-state index in [-0.39, 0.29) is 5.54 Å². The highest BCUT2D eigenvalue weighted by molar-refractivity contribution is 5.25. The van der Waals surface area contributed by atoms with Crippen LogP contribution in [0.25, 0.3) is 0 Å². The third-order valence-electron chi connectivity index (χ3n) is 4.62. The second-order valence-electron chi connectivity index (χ2n) is 7.62. The Morgan fingerprint density at radius 2 is 1.81 bits per heavy atom. The normalized spacial score (nSPS) is 19.0. The van der Waals surface area contributed by atoms with E-state index in [9.17, 15) is 5.11 Å². The van der Waals surface area contributed by atoms with Crippen LogP contribution in [0, 0.1) is 13.8 Å². The second kappa shape index (κ2) is 6.09. The van der Waals surface area contributed by atoms with Crippen LogP contribution in [0.5, 0.6) is 0 Å². The molecule has 4 heteroatoms. The number of nitrogens with zero attached hydrogens (tertiary/aromatic N) is 2. The Hall–Kier alpha value is -0.870. The van der Waals surface area contributed by atoms with E-state index < -0.39 is 5.60 Å². The van der Waals surface area contributed by atoms with Crippen molar-refractivity contribution < 1.29 is 5.11 Å². The topological polar surface area (TPSA) is 50.1 Å². The number of hydrogen-bond acceptors (Lipinski definition) is 3. The number of hydrogen-bond donors (Lipinski definition) is 2. The zero-order chi connectivity index (χ0) is 15.7. The minimum absolute atomic E-state index is 0.00860. The minimum atomic E-state index is -0.500. The molecule has 1 fully saturated rings. The van der Waals surface area contributed by atoms with E-state index in [1.54, 1.807) is 0 Å². The number of aryl methyl sites for hydroxylation is 1. The van der Waals surface area contributed by atoms with Gasteiger partial charge in [-0.25, -0.2) is 0 Å². The zero-order valence-electron chi connectivity index (χ0n) is 14.3. The first kappa shape index (κ1) is 16.5. The van der Waals surface area contributed by atoms with Gasteiger partial charge < -0.3 is 10.4 Å². The molecule has 0 bridgehead atoms. The molecule has 120 valence electrons. The number of rotatable bonds is 4. The second-order valence-corrected chi connectivity index (χ2v) is 7.62. The smallest absolute Gasteiger partial charge is 0.0771 e. The molecular weight excluding hydrogens is 262 g/mol. The molecule has 1 aliphatic carbocycles. The van der Waals surface area contributed by atoms with Crippen LogP contribution in [0.4, 0.5) is 0 Å². The molecule has 0 radical (unpaired) electrons. The molecular formula is C17H31N3O. The molecule has 0 unspecified atom stereocenters. The Morgan fingerprint density at radius 1 is 1.19 bits per heavy atom. The van der Waals surface area contributed by atoms with Gasteiger partial charge in [0.25, 0.3) is 0 Å². The van der Waals surface area contributed by atoms with Gasteiger partial charge >= 0.3 is 0 Å². The van der Waals surface area contributed by atoms with Crippen LogP contribution in [-0.2, 0) is 12.1 Å². The van der Waals surface area contributed by atoms with Gasteiger partial charge in [0.2, 0.25) is 0 Å². The van der Waals surface area contributed by atoms with E-state index in [1.807, 2.05) is 0 Å². The highest BCUT2D eigenvalue weighted by Crippen LogP contribution is 2.27. The van der Waals surface area contributed by atoms with Crippen LogP contribution in [0.3, 0.4) is 0 Å². The number of aromatic nitrogens is 2. The number of aliphatic hydroxyl groups is 1. The Morgan fingerprint density at radius 3 is 2.33 bits per heavy atom. The van der Waals surface area contributed by atoms with Crippen molar-refractivity contribution in [2.75, 3.05) is 6.54 Å². The molecule has 0 amide bonds. The maximum atomic E-state index is 10.5. The first-order valence-corrected chi connectivity index (χ1v) is 8.22. The quantitative estimate of drug-likeness (QED) is 0.897. The van der Waals surface area contributed by atoms with E-state index in [0.29, 0.717) is 6.54 Å². The van der Waals surface area contributed by atoms with Crippen LogP contribution in [0.15, 0.2) is 0 Å². The summed E-state index contributed by atoms with van der Waals surface area (Å²) in [4.78, 5) is 0. The molecule has 0 aromatic carbocycles. The first-order valence-electron chi connectivity index (χ1n) is 8.22. The minimum Gasteiger partial charge on any atom is -0.389 e. The summed E-state index contributed by atoms with van der Waals surface area (Å²) in [7, 11) is 0. The molecule has 0 atom stereocenters. The van der Waals surface area contributed by atoms with Crippen molar-refractivity contribution in [3.05, 3.63) is 17.0 Å². The molecule has 1 aliphatic rings. The van der Waals surface area contributed by atoms with E-state index >= 15 is 0 Å². The van der Waals surface area contributed by atoms with Crippen LogP contribution in [0.2, 0.25) is 0 Å². The lowest BCUT2D eigenvalue weighted by Crippen LogP contribution is -2.42. The summed E-state index contributed by atoms with van der Waals surface area (Å²) in [6.07, 6.45) is 5.42. The average molecular weight is 293 g/mol. The molecule has 1 aromatic heterocycles. The fraction of sp³-hybridized carbons (Fsp3) is 0.824. The van der Waals surface area contributed by atoms with Crippen molar-refractivity contribution in [2.45, 2.75) is 84.4 Å². The summed E-state index contributed by atoms with van der Waals surface area (Å²) >= 11 is 0. The third kappa shape index (κ3) is 3.86. The van der Waals surface area contributed by atoms with Gasteiger partial charge in [0.1, 0.15) is 0 Å². The molecule has 2 rings (SSSR count). The van der Waals surface area contributed by atoms with Crippen LogP contribution in [-0.4, -0.2) is 27.0 Å². The molecule has 1 heterocycles. The zero-order valence-corrected chi connectivity index (χ0v) is 14.3. The van der Waals surface area contributed by atoms with Crippen molar-refractivity contribution in [2.24, 2.45) is 0 Å². The third-order valence-corrected chi connectivity index (χ3v) is 4.62. The van der Waals surface area contributed by atoms with E-state index in [4.69, 9.17) is 0 Å². The van der Waals surface area contributed by atoms with Crippen LogP contribution >= 0.6 is 0 Å². The van der Waals surface area contributed by atoms with Gasteiger partial charge in [-0.15, -0.1) is 0 Å². The molecule has 4 nitrogen and oxygen atoms in total. The predicted octanol–water partition coefficient (Wildman–Crippen LogP) is 3.04. The molecule has 1 aromatic rings. The fourth-order valence-corrected chi connectivity index (χ4v) is 3.39. The predicted molar refractivity (Wildman–Crippen MR) is 86.4 cm³/mol. The summed E-state index contributed by atoms with van der Waals surface area (Å²) in [5.74, 6) is 0. The highest BCUT2D eigenvalue weighted by atomic mass is 16.3. The van der Waals surface area contributed by atoms with Gasteiger partial charge in [-0.2, -0.15) is 5.10 Å². The van der Waals surface area contributed by atoms with Gasteiger partial charge in [-0.1, -0.05) is 19.3 Å². The monoisotopic (exact) mass is 293 g/mol. The summed E-state index contributed by atoms with van der Waals surface area (Å²) < 4.78 is 2.11. The van der Waals surface area contributed by atoms with Gasteiger partial charge in [0, 0.05) is 24.3 Å². The van der Waals surface area contributed by atoms with Crippen molar-refractivity contribution in [1.29, 1.82) is 0 Å². The molecule has 1 saturated carbocycles. The Labute approximate surface area is 128 Å². The molecule has 0 saturated heterocycles. The number of nitrogens with one attached hydrogen (secondary N) is 1. The van der Waals surface area contributed by atoms with E-state index in [2.05, 4.69) is 49.7 Å². The summed E-state index contributed by atoms with van der Waals surface area (Å²) in [5.41, 5.74) is 3.09. The first-order chi connectivity index (χ1) is 9.73. The standard InChI is InChI=1S/C17H31N3O/c1-13-15(14(2)20(19-13)16(3,4)5)11-18-12-17(21)9-7-6-8-10-17/h18,21H,6-12H2,1-5H3. The van der Waals surface area contributed by atoms with Crippen LogP contribution in [0.1, 0.15) is 69.8 Å². The molecule has 0 spiro atoms. The van der Waals surface area contributed by atoms with E-state index in [0.717, 1.165) is 37.9 Å². The molecule has 21 heavy (non-hydrogen) atoms.